The molecular weight excluding hydrogens is 482 g/mol. The molecular formula is C36H28ClN. The number of hydrogen-bond acceptors (Lipinski definition) is 0. The van der Waals surface area contributed by atoms with E-state index in [1.54, 1.807) is 0 Å². The summed E-state index contributed by atoms with van der Waals surface area (Å²) in [5.41, 5.74) is 8.79. The minimum atomic E-state index is 0.337. The number of halogens is 1. The van der Waals surface area contributed by atoms with Crippen molar-refractivity contribution in [2.45, 2.75) is 18.8 Å². The number of fused-ring (bicyclic) bond motifs is 3. The van der Waals surface area contributed by atoms with Crippen molar-refractivity contribution in [1.82, 2.24) is 4.57 Å². The number of nitrogens with zero attached hydrogens (tertiary/aromatic N) is 1. The Morgan fingerprint density at radius 2 is 1.53 bits per heavy atom. The molecule has 0 radical (unpaired) electrons. The summed E-state index contributed by atoms with van der Waals surface area (Å²) < 4.78 is 2.38. The Kier molecular flexibility index (Phi) is 5.87. The van der Waals surface area contributed by atoms with Gasteiger partial charge in [-0.2, -0.15) is 0 Å². The average Bonchev–Trinajstić information content (AvgIpc) is 3.32. The number of allylic oxidation sites excluding steroid dienone is 8. The molecule has 1 nitrogen and oxygen atoms in total. The fourth-order valence-electron chi connectivity index (χ4n) is 6.06. The third-order valence-electron chi connectivity index (χ3n) is 7.95. The van der Waals surface area contributed by atoms with Crippen LogP contribution in [0.4, 0.5) is 0 Å². The molecule has 1 aromatic heterocycles. The molecule has 0 fully saturated rings. The molecule has 7 rings (SSSR count). The van der Waals surface area contributed by atoms with Gasteiger partial charge in [0.05, 0.1) is 11.0 Å². The first kappa shape index (κ1) is 23.1. The lowest BCUT2D eigenvalue weighted by Crippen LogP contribution is -2.06. The van der Waals surface area contributed by atoms with Crippen molar-refractivity contribution < 1.29 is 0 Å². The van der Waals surface area contributed by atoms with Crippen molar-refractivity contribution in [3.05, 3.63) is 150 Å². The summed E-state index contributed by atoms with van der Waals surface area (Å²) in [4.78, 5) is 0. The summed E-state index contributed by atoms with van der Waals surface area (Å²) >= 11 is 6.56. The number of aromatic nitrogens is 1. The number of hydrogen-bond donors (Lipinski definition) is 0. The quantitative estimate of drug-likeness (QED) is 0.227. The maximum atomic E-state index is 6.56. The van der Waals surface area contributed by atoms with Gasteiger partial charge in [-0.05, 0) is 71.5 Å². The maximum absolute atomic E-state index is 6.56. The van der Waals surface area contributed by atoms with Crippen molar-refractivity contribution in [2.24, 2.45) is 5.92 Å². The van der Waals surface area contributed by atoms with Crippen molar-refractivity contribution >= 4 is 33.4 Å². The first-order valence-electron chi connectivity index (χ1n) is 13.4. The Labute approximate surface area is 228 Å². The van der Waals surface area contributed by atoms with Crippen LogP contribution in [-0.4, -0.2) is 4.57 Å². The SMILES string of the molecule is Clc1ccc2c(c1)c1c(C3C=CC(C4C=CC=CC4)=CC3)cccc1n2-c1ccc(-c2ccccc2)cc1. The summed E-state index contributed by atoms with van der Waals surface area (Å²) in [6.07, 6.45) is 18.2. The van der Waals surface area contributed by atoms with E-state index in [4.69, 9.17) is 11.6 Å². The van der Waals surface area contributed by atoms with E-state index >= 15 is 0 Å². The van der Waals surface area contributed by atoms with Crippen LogP contribution in [0.3, 0.4) is 0 Å². The monoisotopic (exact) mass is 509 g/mol. The van der Waals surface area contributed by atoms with E-state index in [9.17, 15) is 0 Å². The van der Waals surface area contributed by atoms with Gasteiger partial charge in [-0.15, -0.1) is 0 Å². The molecule has 0 amide bonds. The van der Waals surface area contributed by atoms with E-state index in [0.29, 0.717) is 11.8 Å². The Hall–Kier alpha value is -4.07. The van der Waals surface area contributed by atoms with E-state index in [1.807, 2.05) is 6.07 Å². The van der Waals surface area contributed by atoms with Gasteiger partial charge < -0.3 is 4.57 Å². The fraction of sp³-hybridized carbons (Fsp3) is 0.111. The van der Waals surface area contributed by atoms with Crippen LogP contribution < -0.4 is 0 Å². The molecule has 5 aromatic rings. The summed E-state index contributed by atoms with van der Waals surface area (Å²) in [7, 11) is 0. The number of benzene rings is 4. The lowest BCUT2D eigenvalue weighted by Gasteiger charge is -2.22. The average molecular weight is 510 g/mol. The van der Waals surface area contributed by atoms with Crippen LogP contribution in [0.25, 0.3) is 38.6 Å². The molecule has 0 saturated heterocycles. The first-order valence-corrected chi connectivity index (χ1v) is 13.7. The van der Waals surface area contributed by atoms with Crippen molar-refractivity contribution in [3.8, 4) is 16.8 Å². The zero-order valence-corrected chi connectivity index (χ0v) is 21.9. The molecule has 2 atom stereocenters. The van der Waals surface area contributed by atoms with Crippen LogP contribution >= 0.6 is 11.6 Å². The Morgan fingerprint density at radius 1 is 0.684 bits per heavy atom. The first-order chi connectivity index (χ1) is 18.8. The van der Waals surface area contributed by atoms with Gasteiger partial charge >= 0.3 is 0 Å². The molecule has 0 saturated carbocycles. The molecule has 2 aliphatic rings. The van der Waals surface area contributed by atoms with Gasteiger partial charge in [0, 0.05) is 33.3 Å². The highest BCUT2D eigenvalue weighted by molar-refractivity contribution is 6.32. The summed E-state index contributed by atoms with van der Waals surface area (Å²) in [6, 6.07) is 32.4. The Balaban J connectivity index is 1.33. The second-order valence-electron chi connectivity index (χ2n) is 10.2. The lowest BCUT2D eigenvalue weighted by atomic mass is 9.83. The van der Waals surface area contributed by atoms with Crippen molar-refractivity contribution in [1.29, 1.82) is 0 Å². The third kappa shape index (κ3) is 4.04. The molecule has 2 aliphatic carbocycles. The smallest absolute Gasteiger partial charge is 0.0544 e. The lowest BCUT2D eigenvalue weighted by molar-refractivity contribution is 0.752. The minimum Gasteiger partial charge on any atom is -0.309 e. The second kappa shape index (κ2) is 9.67. The van der Waals surface area contributed by atoms with Gasteiger partial charge in [0.2, 0.25) is 0 Å². The topological polar surface area (TPSA) is 4.93 Å². The zero-order chi connectivity index (χ0) is 25.5. The van der Waals surface area contributed by atoms with E-state index in [0.717, 1.165) is 23.6 Å². The molecule has 4 aromatic carbocycles. The highest BCUT2D eigenvalue weighted by Gasteiger charge is 2.21. The predicted molar refractivity (Wildman–Crippen MR) is 162 cm³/mol. The van der Waals surface area contributed by atoms with E-state index in [-0.39, 0.29) is 0 Å². The van der Waals surface area contributed by atoms with Crippen molar-refractivity contribution in [2.75, 3.05) is 0 Å². The van der Waals surface area contributed by atoms with Gasteiger partial charge in [0.15, 0.2) is 0 Å². The molecule has 0 N–H and O–H groups in total. The zero-order valence-electron chi connectivity index (χ0n) is 21.1. The van der Waals surface area contributed by atoms with Gasteiger partial charge in [0.25, 0.3) is 0 Å². The maximum Gasteiger partial charge on any atom is 0.0544 e. The van der Waals surface area contributed by atoms with Crippen LogP contribution in [0.1, 0.15) is 24.3 Å². The van der Waals surface area contributed by atoms with Gasteiger partial charge in [-0.25, -0.2) is 0 Å². The molecule has 2 heteroatoms. The van der Waals surface area contributed by atoms with E-state index in [1.165, 1.54) is 44.1 Å². The van der Waals surface area contributed by atoms with Gasteiger partial charge in [0.1, 0.15) is 0 Å². The molecule has 184 valence electrons. The molecule has 0 aliphatic heterocycles. The normalized spacial score (nSPS) is 18.8. The van der Waals surface area contributed by atoms with Crippen molar-refractivity contribution in [3.63, 3.8) is 0 Å². The minimum absolute atomic E-state index is 0.337. The van der Waals surface area contributed by atoms with E-state index < -0.39 is 0 Å². The standard InChI is InChI=1S/C36H28ClN/c37-30-20-23-34-33(24-30)36-32(29-16-14-27(15-17-29)25-8-3-1-4-9-25)12-7-13-35(36)38(34)31-21-18-28(19-22-31)26-10-5-2-6-11-26/h1-8,10-16,18-25,29H,9,17H2. The molecule has 1 heterocycles. The molecule has 2 unspecified atom stereocenters. The molecule has 0 bridgehead atoms. The highest BCUT2D eigenvalue weighted by Crippen LogP contribution is 2.41. The van der Waals surface area contributed by atoms with Gasteiger partial charge in [-0.3, -0.25) is 0 Å². The van der Waals surface area contributed by atoms with Crippen LogP contribution in [0.5, 0.6) is 0 Å². The second-order valence-corrected chi connectivity index (χ2v) is 10.6. The number of rotatable bonds is 4. The van der Waals surface area contributed by atoms with Crippen LogP contribution in [-0.2, 0) is 0 Å². The van der Waals surface area contributed by atoms with Crippen LogP contribution in [0.15, 0.2) is 139 Å². The Bertz CT molecular complexity index is 1760. The molecule has 38 heavy (non-hydrogen) atoms. The van der Waals surface area contributed by atoms with Gasteiger partial charge in [-0.1, -0.05) is 109 Å². The third-order valence-corrected chi connectivity index (χ3v) is 8.19. The summed E-state index contributed by atoms with van der Waals surface area (Å²) in [5.74, 6) is 0.830. The Morgan fingerprint density at radius 3 is 2.29 bits per heavy atom. The van der Waals surface area contributed by atoms with E-state index in [2.05, 4.69) is 132 Å². The highest BCUT2D eigenvalue weighted by atomic mass is 35.5. The summed E-state index contributed by atoms with van der Waals surface area (Å²) in [5, 5.41) is 3.27. The fourth-order valence-corrected chi connectivity index (χ4v) is 6.23. The largest absolute Gasteiger partial charge is 0.309 e. The van der Waals surface area contributed by atoms with Crippen LogP contribution in [0.2, 0.25) is 5.02 Å². The summed E-state index contributed by atoms with van der Waals surface area (Å²) in [6.45, 7) is 0. The van der Waals surface area contributed by atoms with Crippen LogP contribution in [0, 0.1) is 5.92 Å². The molecule has 0 spiro atoms. The predicted octanol–water partition coefficient (Wildman–Crippen LogP) is 10.2.